The fourth-order valence-electron chi connectivity index (χ4n) is 1.83. The molecule has 2 atom stereocenters. The molecule has 0 amide bonds. The van der Waals surface area contributed by atoms with Gasteiger partial charge in [-0.05, 0) is 18.8 Å². The molecule has 0 saturated heterocycles. The van der Waals surface area contributed by atoms with E-state index in [1.807, 2.05) is 13.8 Å². The van der Waals surface area contributed by atoms with Gasteiger partial charge in [0.15, 0.2) is 11.9 Å². The van der Waals surface area contributed by atoms with Gasteiger partial charge in [-0.1, -0.05) is 26.1 Å². The molecule has 1 aliphatic carbocycles. The van der Waals surface area contributed by atoms with Crippen LogP contribution in [0.25, 0.3) is 0 Å². The molecule has 0 aliphatic heterocycles. The maximum Gasteiger partial charge on any atom is 0.161 e. The van der Waals surface area contributed by atoms with Crippen molar-refractivity contribution in [3.8, 4) is 0 Å². The predicted molar refractivity (Wildman–Crippen MR) is 72.5 cm³/mol. The molecule has 2 nitrogen and oxygen atoms in total. The number of hydrogen-bond donors (Lipinski definition) is 1. The highest BCUT2D eigenvalue weighted by Crippen LogP contribution is 2.33. The van der Waals surface area contributed by atoms with Crippen LogP contribution in [0, 0.1) is 17.2 Å². The molecule has 0 fully saturated rings. The summed E-state index contributed by atoms with van der Waals surface area (Å²) in [5.74, 6) is -0.783. The van der Waals surface area contributed by atoms with Gasteiger partial charge in [0.1, 0.15) is 5.83 Å². The van der Waals surface area contributed by atoms with E-state index >= 15 is 0 Å². The van der Waals surface area contributed by atoms with Crippen molar-refractivity contribution in [3.05, 3.63) is 11.6 Å². The minimum absolute atomic E-state index is 0.0173. The molecule has 0 saturated carbocycles. The molecule has 0 spiro atoms. The van der Waals surface area contributed by atoms with Crippen LogP contribution in [0.4, 0.5) is 8.78 Å². The lowest BCUT2D eigenvalue weighted by Crippen LogP contribution is -2.26. The van der Waals surface area contributed by atoms with Crippen molar-refractivity contribution >= 4 is 23.3 Å². The Morgan fingerprint density at radius 2 is 2.28 bits per heavy atom. The van der Waals surface area contributed by atoms with Gasteiger partial charge in [-0.3, -0.25) is 0 Å². The third-order valence-corrected chi connectivity index (χ3v) is 3.24. The topological polar surface area (TPSA) is 33.1 Å². The Labute approximate surface area is 112 Å². The Morgan fingerprint density at radius 1 is 1.61 bits per heavy atom. The molecule has 2 unspecified atom stereocenters. The van der Waals surface area contributed by atoms with Gasteiger partial charge in [-0.25, -0.2) is 8.78 Å². The van der Waals surface area contributed by atoms with Gasteiger partial charge in [-0.2, -0.15) is 0 Å². The minimum Gasteiger partial charge on any atom is -0.492 e. The maximum absolute atomic E-state index is 13.8. The van der Waals surface area contributed by atoms with Gasteiger partial charge >= 0.3 is 0 Å². The predicted octanol–water partition coefficient (Wildman–Crippen LogP) is 4.00. The van der Waals surface area contributed by atoms with Gasteiger partial charge in [0.2, 0.25) is 0 Å². The Bertz CT molecular complexity index is 355. The van der Waals surface area contributed by atoms with Crippen molar-refractivity contribution in [2.45, 2.75) is 39.3 Å². The summed E-state index contributed by atoms with van der Waals surface area (Å²) in [5.41, 5.74) is 0.115. The highest BCUT2D eigenvalue weighted by molar-refractivity contribution is 7.80. The second kappa shape index (κ2) is 6.92. The quantitative estimate of drug-likeness (QED) is 0.587. The lowest BCUT2D eigenvalue weighted by atomic mass is 9.88. The van der Waals surface area contributed by atoms with Crippen LogP contribution in [0.2, 0.25) is 0 Å². The van der Waals surface area contributed by atoms with E-state index in [4.69, 9.17) is 10.1 Å². The van der Waals surface area contributed by atoms with Gasteiger partial charge in [0, 0.05) is 23.4 Å². The molecule has 0 heterocycles. The molecule has 0 aromatic heterocycles. The van der Waals surface area contributed by atoms with Crippen LogP contribution < -0.4 is 0 Å². The van der Waals surface area contributed by atoms with Crippen molar-refractivity contribution in [3.63, 3.8) is 0 Å². The molecular formula is C13H19F2NOS. The first-order chi connectivity index (χ1) is 8.45. The fraction of sp³-hybridized carbons (Fsp3) is 0.692. The summed E-state index contributed by atoms with van der Waals surface area (Å²) in [6, 6.07) is 0. The molecular weight excluding hydrogens is 256 g/mol. The highest BCUT2D eigenvalue weighted by atomic mass is 32.1. The van der Waals surface area contributed by atoms with Gasteiger partial charge in [0.05, 0.1) is 6.61 Å². The maximum atomic E-state index is 13.8. The minimum atomic E-state index is -1.47. The van der Waals surface area contributed by atoms with Crippen molar-refractivity contribution in [2.75, 3.05) is 6.61 Å². The van der Waals surface area contributed by atoms with E-state index in [9.17, 15) is 8.78 Å². The molecule has 5 heteroatoms. The zero-order chi connectivity index (χ0) is 13.7. The number of alkyl halides is 1. The van der Waals surface area contributed by atoms with Crippen LogP contribution in [0.1, 0.15) is 33.1 Å². The SMILES string of the molecule is CC(C)CCOC1=C(F)CC(C(=N)C=S)CC1F. The van der Waals surface area contributed by atoms with E-state index in [-0.39, 0.29) is 24.3 Å². The highest BCUT2D eigenvalue weighted by Gasteiger charge is 2.32. The first-order valence-corrected chi connectivity index (χ1v) is 6.61. The lowest BCUT2D eigenvalue weighted by molar-refractivity contribution is 0.114. The molecule has 102 valence electrons. The van der Waals surface area contributed by atoms with Crippen LogP contribution in [0.15, 0.2) is 11.6 Å². The second-order valence-electron chi connectivity index (χ2n) is 4.98. The lowest BCUT2D eigenvalue weighted by Gasteiger charge is -2.26. The number of nitrogens with one attached hydrogen (secondary N) is 1. The van der Waals surface area contributed by atoms with Gasteiger partial charge in [0.25, 0.3) is 0 Å². The number of halogens is 2. The summed E-state index contributed by atoms with van der Waals surface area (Å²) in [7, 11) is 0. The van der Waals surface area contributed by atoms with Crippen molar-refractivity contribution in [1.82, 2.24) is 0 Å². The van der Waals surface area contributed by atoms with E-state index in [0.29, 0.717) is 12.5 Å². The molecule has 1 rings (SSSR count). The van der Waals surface area contributed by atoms with E-state index < -0.39 is 17.9 Å². The third-order valence-electron chi connectivity index (χ3n) is 2.99. The molecule has 0 aromatic carbocycles. The number of ether oxygens (including phenoxy) is 1. The fourth-order valence-corrected chi connectivity index (χ4v) is 2.03. The molecule has 18 heavy (non-hydrogen) atoms. The van der Waals surface area contributed by atoms with Crippen molar-refractivity contribution < 1.29 is 13.5 Å². The van der Waals surface area contributed by atoms with E-state index in [1.165, 1.54) is 5.37 Å². The Hall–Kier alpha value is -0.840. The monoisotopic (exact) mass is 275 g/mol. The third kappa shape index (κ3) is 4.12. The summed E-state index contributed by atoms with van der Waals surface area (Å²) in [4.78, 5) is 0. The zero-order valence-electron chi connectivity index (χ0n) is 10.7. The Kier molecular flexibility index (Phi) is 5.85. The summed E-state index contributed by atoms with van der Waals surface area (Å²) < 4.78 is 32.7. The van der Waals surface area contributed by atoms with Gasteiger partial charge in [-0.15, -0.1) is 0 Å². The molecule has 1 N–H and O–H groups in total. The van der Waals surface area contributed by atoms with Crippen LogP contribution in [0.5, 0.6) is 0 Å². The number of allylic oxidation sites excluding steroid dienone is 2. The van der Waals surface area contributed by atoms with Crippen LogP contribution in [-0.4, -0.2) is 23.9 Å². The molecule has 0 radical (unpaired) electrons. The van der Waals surface area contributed by atoms with Crippen molar-refractivity contribution in [2.24, 2.45) is 11.8 Å². The zero-order valence-corrected chi connectivity index (χ0v) is 11.5. The van der Waals surface area contributed by atoms with Crippen LogP contribution in [0.3, 0.4) is 0 Å². The average molecular weight is 275 g/mol. The summed E-state index contributed by atoms with van der Waals surface area (Å²) in [6.07, 6.45) is -0.603. The average Bonchev–Trinajstić information content (AvgIpc) is 2.31. The normalized spacial score (nSPS) is 24.3. The smallest absolute Gasteiger partial charge is 0.161 e. The molecule has 1 aliphatic rings. The summed E-state index contributed by atoms with van der Waals surface area (Å²) >= 11 is 4.62. The number of thiocarbonyl (C=S) groups is 1. The first kappa shape index (κ1) is 15.2. The number of rotatable bonds is 6. The number of hydrogen-bond acceptors (Lipinski definition) is 3. The van der Waals surface area contributed by atoms with Crippen molar-refractivity contribution in [1.29, 1.82) is 5.41 Å². The Morgan fingerprint density at radius 3 is 2.78 bits per heavy atom. The van der Waals surface area contributed by atoms with Crippen LogP contribution in [-0.2, 0) is 4.74 Å². The molecule has 0 bridgehead atoms. The van der Waals surface area contributed by atoms with E-state index in [2.05, 4.69) is 12.2 Å². The first-order valence-electron chi connectivity index (χ1n) is 6.14. The Balaban J connectivity index is 2.62. The van der Waals surface area contributed by atoms with E-state index in [0.717, 1.165) is 6.42 Å². The molecule has 0 aromatic rings. The van der Waals surface area contributed by atoms with Crippen LogP contribution >= 0.6 is 12.2 Å². The summed E-state index contributed by atoms with van der Waals surface area (Å²) in [5, 5.41) is 8.69. The second-order valence-corrected chi connectivity index (χ2v) is 5.21. The van der Waals surface area contributed by atoms with Gasteiger partial charge < -0.3 is 10.1 Å². The van der Waals surface area contributed by atoms with E-state index in [1.54, 1.807) is 0 Å². The standard InChI is InChI=1S/C13H19F2NOS/c1-8(2)3-4-17-13-10(14)5-9(6-11(13)15)12(16)7-18/h7-10,16H,3-6H2,1-2H3. The summed E-state index contributed by atoms with van der Waals surface area (Å²) in [6.45, 7) is 4.38. The largest absolute Gasteiger partial charge is 0.492 e.